The van der Waals surface area contributed by atoms with Gasteiger partial charge < -0.3 is 10.1 Å². The van der Waals surface area contributed by atoms with E-state index in [4.69, 9.17) is 4.74 Å². The van der Waals surface area contributed by atoms with Crippen LogP contribution >= 0.6 is 0 Å². The van der Waals surface area contributed by atoms with Gasteiger partial charge in [0, 0.05) is 32.8 Å². The molecule has 4 nitrogen and oxygen atoms in total. The van der Waals surface area contributed by atoms with Crippen LogP contribution in [-0.2, 0) is 9.53 Å². The summed E-state index contributed by atoms with van der Waals surface area (Å²) in [4.78, 5) is 13.0. The van der Waals surface area contributed by atoms with Crippen LogP contribution in [0.4, 0.5) is 0 Å². The van der Waals surface area contributed by atoms with Crippen LogP contribution in [-0.4, -0.2) is 51.7 Å². The Labute approximate surface area is 79.6 Å². The highest BCUT2D eigenvalue weighted by molar-refractivity contribution is 5.92. The number of hydrogen-bond donors (Lipinski definition) is 1. The zero-order valence-corrected chi connectivity index (χ0v) is 8.59. The number of nitrogens with zero attached hydrogens (tertiary/aromatic N) is 1. The van der Waals surface area contributed by atoms with Gasteiger partial charge in [0.1, 0.15) is 0 Å². The van der Waals surface area contributed by atoms with Crippen LogP contribution in [0.25, 0.3) is 0 Å². The lowest BCUT2D eigenvalue weighted by atomic mass is 10.2. The molecular formula is C9H18N2O2. The van der Waals surface area contributed by atoms with Crippen LogP contribution < -0.4 is 5.32 Å². The van der Waals surface area contributed by atoms with Gasteiger partial charge in [-0.1, -0.05) is 6.58 Å². The lowest BCUT2D eigenvalue weighted by Gasteiger charge is -2.16. The topological polar surface area (TPSA) is 41.6 Å². The molecule has 0 aliphatic rings. The van der Waals surface area contributed by atoms with E-state index in [1.807, 2.05) is 11.9 Å². The molecule has 0 aromatic rings. The number of carbonyl (C=O) groups excluding carboxylic acids is 1. The second-order valence-corrected chi connectivity index (χ2v) is 2.91. The molecular weight excluding hydrogens is 168 g/mol. The summed E-state index contributed by atoms with van der Waals surface area (Å²) in [7, 11) is 5.18. The van der Waals surface area contributed by atoms with Crippen molar-refractivity contribution in [1.82, 2.24) is 10.2 Å². The normalized spacial score (nSPS) is 10.2. The average molecular weight is 186 g/mol. The van der Waals surface area contributed by atoms with Gasteiger partial charge in [-0.2, -0.15) is 0 Å². The molecule has 0 aliphatic carbocycles. The quantitative estimate of drug-likeness (QED) is 0.587. The zero-order valence-electron chi connectivity index (χ0n) is 8.59. The van der Waals surface area contributed by atoms with Crippen molar-refractivity contribution in [3.8, 4) is 0 Å². The molecule has 0 saturated heterocycles. The molecule has 13 heavy (non-hydrogen) atoms. The molecule has 0 fully saturated rings. The van der Waals surface area contributed by atoms with Crippen molar-refractivity contribution in [1.29, 1.82) is 0 Å². The molecule has 1 N–H and O–H groups in total. The van der Waals surface area contributed by atoms with Gasteiger partial charge in [0.15, 0.2) is 0 Å². The lowest BCUT2D eigenvalue weighted by Crippen LogP contribution is -2.30. The van der Waals surface area contributed by atoms with Crippen LogP contribution in [0.3, 0.4) is 0 Å². The first kappa shape index (κ1) is 12.1. The highest BCUT2D eigenvalue weighted by Crippen LogP contribution is 1.93. The van der Waals surface area contributed by atoms with Crippen LogP contribution in [0, 0.1) is 0 Å². The number of ether oxygens (including phenoxy) is 1. The molecule has 0 spiro atoms. The Bertz CT molecular complexity index is 180. The Kier molecular flexibility index (Phi) is 6.18. The Morgan fingerprint density at radius 2 is 2.23 bits per heavy atom. The van der Waals surface area contributed by atoms with Gasteiger partial charge in [0.05, 0.1) is 6.61 Å². The maximum Gasteiger partial charge on any atom is 0.247 e. The molecule has 0 radical (unpaired) electrons. The predicted octanol–water partition coefficient (Wildman–Crippen LogP) is -0.133. The van der Waals surface area contributed by atoms with Crippen molar-refractivity contribution in [2.75, 3.05) is 40.9 Å². The van der Waals surface area contributed by atoms with Gasteiger partial charge in [-0.15, -0.1) is 0 Å². The summed E-state index contributed by atoms with van der Waals surface area (Å²) in [6, 6.07) is 0. The van der Waals surface area contributed by atoms with Gasteiger partial charge in [0.2, 0.25) is 5.91 Å². The van der Waals surface area contributed by atoms with E-state index in [1.54, 1.807) is 14.2 Å². The third-order valence-electron chi connectivity index (χ3n) is 1.69. The van der Waals surface area contributed by atoms with Crippen molar-refractivity contribution < 1.29 is 9.53 Å². The Balaban J connectivity index is 3.71. The van der Waals surface area contributed by atoms with Gasteiger partial charge >= 0.3 is 0 Å². The monoisotopic (exact) mass is 186 g/mol. The molecule has 0 saturated carbocycles. The van der Waals surface area contributed by atoms with Crippen LogP contribution in [0.5, 0.6) is 0 Å². The van der Waals surface area contributed by atoms with E-state index in [0.29, 0.717) is 18.7 Å². The maximum absolute atomic E-state index is 11.1. The van der Waals surface area contributed by atoms with Crippen molar-refractivity contribution >= 4 is 5.91 Å². The highest BCUT2D eigenvalue weighted by atomic mass is 16.5. The van der Waals surface area contributed by atoms with Crippen LogP contribution in [0.15, 0.2) is 12.2 Å². The second-order valence-electron chi connectivity index (χ2n) is 2.91. The van der Waals surface area contributed by atoms with Crippen molar-refractivity contribution in [3.63, 3.8) is 0 Å². The molecule has 0 atom stereocenters. The minimum atomic E-state index is -0.107. The van der Waals surface area contributed by atoms with E-state index in [1.165, 1.54) is 0 Å². The number of nitrogens with one attached hydrogen (secondary N) is 1. The largest absolute Gasteiger partial charge is 0.383 e. The van der Waals surface area contributed by atoms with E-state index in [9.17, 15) is 4.79 Å². The molecule has 0 unspecified atom stereocenters. The molecule has 1 amide bonds. The second kappa shape index (κ2) is 6.62. The van der Waals surface area contributed by atoms with Crippen molar-refractivity contribution in [3.05, 3.63) is 12.2 Å². The fourth-order valence-corrected chi connectivity index (χ4v) is 0.901. The number of methoxy groups -OCH3 is 1. The molecule has 4 heteroatoms. The smallest absolute Gasteiger partial charge is 0.247 e. The molecule has 0 aromatic heterocycles. The van der Waals surface area contributed by atoms with Crippen molar-refractivity contribution in [2.24, 2.45) is 0 Å². The van der Waals surface area contributed by atoms with E-state index < -0.39 is 0 Å². The van der Waals surface area contributed by atoms with E-state index in [2.05, 4.69) is 11.9 Å². The Hall–Kier alpha value is -0.870. The van der Waals surface area contributed by atoms with Crippen LogP contribution in [0.1, 0.15) is 0 Å². The first-order valence-electron chi connectivity index (χ1n) is 4.19. The summed E-state index contributed by atoms with van der Waals surface area (Å²) < 4.78 is 4.91. The first-order valence-corrected chi connectivity index (χ1v) is 4.19. The summed E-state index contributed by atoms with van der Waals surface area (Å²) in [5.41, 5.74) is 0.570. The number of hydrogen-bond acceptors (Lipinski definition) is 3. The number of rotatable bonds is 6. The summed E-state index contributed by atoms with van der Waals surface area (Å²) >= 11 is 0. The van der Waals surface area contributed by atoms with E-state index in [0.717, 1.165) is 6.54 Å². The van der Waals surface area contributed by atoms with Gasteiger partial charge in [0.25, 0.3) is 0 Å². The van der Waals surface area contributed by atoms with Gasteiger partial charge in [-0.25, -0.2) is 0 Å². The maximum atomic E-state index is 11.1. The minimum absolute atomic E-state index is 0.107. The molecule has 0 heterocycles. The molecule has 0 aliphatic heterocycles. The molecule has 0 rings (SSSR count). The molecule has 0 aromatic carbocycles. The van der Waals surface area contributed by atoms with Crippen molar-refractivity contribution in [2.45, 2.75) is 0 Å². The minimum Gasteiger partial charge on any atom is -0.383 e. The van der Waals surface area contributed by atoms with Gasteiger partial charge in [-0.05, 0) is 7.05 Å². The third-order valence-corrected chi connectivity index (χ3v) is 1.69. The predicted molar refractivity (Wildman–Crippen MR) is 52.6 cm³/mol. The summed E-state index contributed by atoms with van der Waals surface area (Å²) in [6.07, 6.45) is 0. The summed E-state index contributed by atoms with van der Waals surface area (Å²) in [5, 5.41) is 2.53. The van der Waals surface area contributed by atoms with Crippen LogP contribution in [0.2, 0.25) is 0 Å². The third kappa shape index (κ3) is 5.38. The Morgan fingerprint density at radius 1 is 1.62 bits per heavy atom. The molecule has 0 bridgehead atoms. The van der Waals surface area contributed by atoms with E-state index in [-0.39, 0.29) is 5.91 Å². The highest BCUT2D eigenvalue weighted by Gasteiger charge is 2.06. The number of amides is 1. The average Bonchev–Trinajstić information content (AvgIpc) is 2.13. The van der Waals surface area contributed by atoms with E-state index >= 15 is 0 Å². The number of likely N-dealkylation sites (N-methyl/N-ethyl adjacent to an activating group) is 2. The summed E-state index contributed by atoms with van der Waals surface area (Å²) in [5.74, 6) is -0.107. The summed E-state index contributed by atoms with van der Waals surface area (Å²) in [6.45, 7) is 5.71. The zero-order chi connectivity index (χ0) is 10.3. The molecule has 76 valence electrons. The first-order chi connectivity index (χ1) is 6.11. The number of carbonyl (C=O) groups is 1. The standard InChI is InChI=1S/C9H18N2O2/c1-8(9(12)10-2)7-11(3)5-6-13-4/h1,5-7H2,2-4H3,(H,10,12). The Morgan fingerprint density at radius 3 is 2.69 bits per heavy atom. The fraction of sp³-hybridized carbons (Fsp3) is 0.667. The lowest BCUT2D eigenvalue weighted by molar-refractivity contribution is -0.117. The SMILES string of the molecule is C=C(CN(C)CCOC)C(=O)NC. The fourth-order valence-electron chi connectivity index (χ4n) is 0.901. The van der Waals surface area contributed by atoms with Gasteiger partial charge in [-0.3, -0.25) is 9.69 Å².